The first kappa shape index (κ1) is 22.8. The molecular weight excluding hydrogens is 404 g/mol. The van der Waals surface area contributed by atoms with Crippen LogP contribution in [0.2, 0.25) is 0 Å². The zero-order valence-electron chi connectivity index (χ0n) is 19.3. The van der Waals surface area contributed by atoms with Gasteiger partial charge in [0.05, 0.1) is 5.69 Å². The first-order valence-corrected chi connectivity index (χ1v) is 11.6. The van der Waals surface area contributed by atoms with E-state index in [9.17, 15) is 0 Å². The number of hydrogen-bond donors (Lipinski definition) is 2. The molecular formula is C24H36N6O2. The van der Waals surface area contributed by atoms with E-state index in [0.717, 1.165) is 77.0 Å². The molecule has 1 aromatic carbocycles. The van der Waals surface area contributed by atoms with E-state index in [1.54, 1.807) is 6.26 Å². The van der Waals surface area contributed by atoms with Crippen molar-refractivity contribution in [2.24, 2.45) is 4.99 Å². The lowest BCUT2D eigenvalue weighted by atomic mass is 9.88. The van der Waals surface area contributed by atoms with Crippen LogP contribution in [0.3, 0.4) is 0 Å². The van der Waals surface area contributed by atoms with Crippen molar-refractivity contribution in [1.82, 2.24) is 25.6 Å². The standard InChI is InChI=1S/C24H36N6O2/c1-20(21-6-4-3-5-7-21)27-24(9-16-31-17-10-24)19-26-23(25-2)30-13-11-29(12-14-30)18-22-8-15-32-28-22/h3-8,15,20,27H,9-14,16-19H2,1-2H3,(H,25,26). The zero-order valence-corrected chi connectivity index (χ0v) is 19.3. The van der Waals surface area contributed by atoms with E-state index in [0.29, 0.717) is 0 Å². The van der Waals surface area contributed by atoms with E-state index in [4.69, 9.17) is 9.26 Å². The number of hydrogen-bond acceptors (Lipinski definition) is 6. The van der Waals surface area contributed by atoms with Crippen LogP contribution >= 0.6 is 0 Å². The Hall–Kier alpha value is -2.42. The largest absolute Gasteiger partial charge is 0.381 e. The second-order valence-corrected chi connectivity index (χ2v) is 8.82. The number of benzene rings is 1. The van der Waals surface area contributed by atoms with Gasteiger partial charge in [0, 0.05) is 77.2 Å². The maximum absolute atomic E-state index is 5.69. The molecule has 2 aliphatic rings. The Bertz CT molecular complexity index is 827. The summed E-state index contributed by atoms with van der Waals surface area (Å²) in [7, 11) is 1.88. The van der Waals surface area contributed by atoms with Crippen LogP contribution in [0, 0.1) is 0 Å². The van der Waals surface area contributed by atoms with E-state index >= 15 is 0 Å². The maximum Gasteiger partial charge on any atom is 0.193 e. The van der Waals surface area contributed by atoms with Crippen molar-refractivity contribution < 1.29 is 9.26 Å². The minimum absolute atomic E-state index is 0.0157. The Morgan fingerprint density at radius 2 is 1.88 bits per heavy atom. The maximum atomic E-state index is 5.69. The summed E-state index contributed by atoms with van der Waals surface area (Å²) in [5.74, 6) is 0.978. The van der Waals surface area contributed by atoms with Crippen molar-refractivity contribution in [3.05, 3.63) is 53.9 Å². The van der Waals surface area contributed by atoms with Crippen LogP contribution in [0.5, 0.6) is 0 Å². The molecule has 8 heteroatoms. The monoisotopic (exact) mass is 440 g/mol. The number of nitrogens with zero attached hydrogens (tertiary/aromatic N) is 4. The molecule has 2 fully saturated rings. The molecule has 2 aromatic rings. The predicted molar refractivity (Wildman–Crippen MR) is 125 cm³/mol. The highest BCUT2D eigenvalue weighted by molar-refractivity contribution is 5.80. The van der Waals surface area contributed by atoms with Gasteiger partial charge in [-0.3, -0.25) is 9.89 Å². The number of rotatable bonds is 7. The average molecular weight is 441 g/mol. The fraction of sp³-hybridized carbons (Fsp3) is 0.583. The molecule has 8 nitrogen and oxygen atoms in total. The van der Waals surface area contributed by atoms with Gasteiger partial charge in [-0.25, -0.2) is 0 Å². The first-order valence-electron chi connectivity index (χ1n) is 11.6. The van der Waals surface area contributed by atoms with E-state index < -0.39 is 0 Å². The molecule has 1 unspecified atom stereocenters. The summed E-state index contributed by atoms with van der Waals surface area (Å²) in [4.78, 5) is 9.35. The highest BCUT2D eigenvalue weighted by Gasteiger charge is 2.34. The summed E-state index contributed by atoms with van der Waals surface area (Å²) < 4.78 is 10.6. The summed E-state index contributed by atoms with van der Waals surface area (Å²) >= 11 is 0. The summed E-state index contributed by atoms with van der Waals surface area (Å²) in [5, 5.41) is 11.6. The quantitative estimate of drug-likeness (QED) is 0.505. The lowest BCUT2D eigenvalue weighted by molar-refractivity contribution is 0.0351. The van der Waals surface area contributed by atoms with Gasteiger partial charge in [0.15, 0.2) is 5.96 Å². The van der Waals surface area contributed by atoms with Crippen molar-refractivity contribution in [3.8, 4) is 0 Å². The number of nitrogens with one attached hydrogen (secondary N) is 2. The lowest BCUT2D eigenvalue weighted by Crippen LogP contribution is -2.60. The minimum Gasteiger partial charge on any atom is -0.381 e. The third-order valence-corrected chi connectivity index (χ3v) is 6.62. The van der Waals surface area contributed by atoms with Crippen molar-refractivity contribution >= 4 is 5.96 Å². The highest BCUT2D eigenvalue weighted by Crippen LogP contribution is 2.25. The van der Waals surface area contributed by atoms with Crippen molar-refractivity contribution in [1.29, 1.82) is 0 Å². The minimum atomic E-state index is -0.0157. The molecule has 1 atom stereocenters. The molecule has 1 aromatic heterocycles. The second-order valence-electron chi connectivity index (χ2n) is 8.82. The molecule has 0 saturated carbocycles. The van der Waals surface area contributed by atoms with Gasteiger partial charge in [-0.1, -0.05) is 35.5 Å². The molecule has 174 valence electrons. The molecule has 2 saturated heterocycles. The van der Waals surface area contributed by atoms with Crippen molar-refractivity contribution in [3.63, 3.8) is 0 Å². The molecule has 0 radical (unpaired) electrons. The van der Waals surface area contributed by atoms with Crippen molar-refractivity contribution in [2.45, 2.75) is 37.9 Å². The van der Waals surface area contributed by atoms with Gasteiger partial charge in [-0.05, 0) is 25.3 Å². The number of aliphatic imine (C=N–C) groups is 1. The van der Waals surface area contributed by atoms with Gasteiger partial charge < -0.3 is 24.8 Å². The number of guanidine groups is 1. The van der Waals surface area contributed by atoms with Crippen LogP contribution in [0.1, 0.15) is 37.1 Å². The second kappa shape index (κ2) is 10.9. The number of piperazine rings is 1. The predicted octanol–water partition coefficient (Wildman–Crippen LogP) is 2.27. The van der Waals surface area contributed by atoms with Gasteiger partial charge >= 0.3 is 0 Å². The third-order valence-electron chi connectivity index (χ3n) is 6.62. The van der Waals surface area contributed by atoms with Crippen LogP contribution in [-0.2, 0) is 11.3 Å². The van der Waals surface area contributed by atoms with E-state index in [2.05, 4.69) is 67.8 Å². The Balaban J connectivity index is 1.32. The van der Waals surface area contributed by atoms with Gasteiger partial charge in [-0.2, -0.15) is 0 Å². The molecule has 0 amide bonds. The van der Waals surface area contributed by atoms with Gasteiger partial charge in [0.1, 0.15) is 6.26 Å². The molecule has 32 heavy (non-hydrogen) atoms. The summed E-state index contributed by atoms with van der Waals surface area (Å²) in [5.41, 5.74) is 2.28. The van der Waals surface area contributed by atoms with Crippen LogP contribution in [-0.4, -0.2) is 79.4 Å². The Kier molecular flexibility index (Phi) is 7.78. The smallest absolute Gasteiger partial charge is 0.193 e. The number of aromatic nitrogens is 1. The summed E-state index contributed by atoms with van der Waals surface area (Å²) in [6, 6.07) is 12.9. The molecule has 2 aliphatic heterocycles. The van der Waals surface area contributed by atoms with Gasteiger partial charge in [-0.15, -0.1) is 0 Å². The molecule has 4 rings (SSSR count). The number of ether oxygens (including phenoxy) is 1. The molecule has 0 bridgehead atoms. The van der Waals surface area contributed by atoms with E-state index in [1.165, 1.54) is 5.56 Å². The fourth-order valence-electron chi connectivity index (χ4n) is 4.67. The normalized spacial score (nSPS) is 20.8. The summed E-state index contributed by atoms with van der Waals surface area (Å²) in [6.45, 7) is 9.34. The lowest BCUT2D eigenvalue weighted by Gasteiger charge is -2.42. The molecule has 2 N–H and O–H groups in total. The van der Waals surface area contributed by atoms with Crippen LogP contribution in [0.25, 0.3) is 0 Å². The molecule has 0 spiro atoms. The van der Waals surface area contributed by atoms with Gasteiger partial charge in [0.25, 0.3) is 0 Å². The molecule has 0 aliphatic carbocycles. The summed E-state index contributed by atoms with van der Waals surface area (Å²) in [6.07, 6.45) is 3.61. The Labute approximate surface area is 191 Å². The average Bonchev–Trinajstić information content (AvgIpc) is 3.35. The topological polar surface area (TPSA) is 78.2 Å². The van der Waals surface area contributed by atoms with Crippen molar-refractivity contribution in [2.75, 3.05) is 53.0 Å². The van der Waals surface area contributed by atoms with E-state index in [1.807, 2.05) is 13.1 Å². The van der Waals surface area contributed by atoms with Crippen LogP contribution < -0.4 is 10.6 Å². The zero-order chi connectivity index (χ0) is 22.2. The van der Waals surface area contributed by atoms with Crippen LogP contribution in [0.4, 0.5) is 0 Å². The SMILES string of the molecule is CN=C(NCC1(NC(C)c2ccccc2)CCOCC1)N1CCN(Cc2ccon2)CC1. The Morgan fingerprint density at radius 3 is 2.53 bits per heavy atom. The highest BCUT2D eigenvalue weighted by atomic mass is 16.5. The Morgan fingerprint density at radius 1 is 1.12 bits per heavy atom. The first-order chi connectivity index (χ1) is 15.7. The molecule has 3 heterocycles. The fourth-order valence-corrected chi connectivity index (χ4v) is 4.67. The van der Waals surface area contributed by atoms with Crippen LogP contribution in [0.15, 0.2) is 52.2 Å². The van der Waals surface area contributed by atoms with Gasteiger partial charge in [0.2, 0.25) is 0 Å². The third kappa shape index (κ3) is 5.88. The van der Waals surface area contributed by atoms with E-state index in [-0.39, 0.29) is 11.6 Å².